The average Bonchev–Trinajstić information content (AvgIpc) is 2.11. The van der Waals surface area contributed by atoms with Gasteiger partial charge in [-0.15, -0.1) is 0 Å². The molecule has 0 bridgehead atoms. The van der Waals surface area contributed by atoms with Gasteiger partial charge in [-0.05, 0) is 37.3 Å². The molecule has 0 atom stereocenters. The lowest BCUT2D eigenvalue weighted by atomic mass is 9.76. The average molecular weight is 288 g/mol. The third-order valence-corrected chi connectivity index (χ3v) is 3.60. The Balaban J connectivity index is 3.00. The van der Waals surface area contributed by atoms with E-state index < -0.39 is 21.1 Å². The van der Waals surface area contributed by atoms with Gasteiger partial charge in [0, 0.05) is 0 Å². The summed E-state index contributed by atoms with van der Waals surface area (Å²) in [6.07, 6.45) is 1.40. The Kier molecular flexibility index (Phi) is 4.42. The smallest absolute Gasteiger partial charge is 0.264 e. The maximum Gasteiger partial charge on any atom is 0.264 e. The van der Waals surface area contributed by atoms with Gasteiger partial charge in [-0.2, -0.15) is 8.42 Å². The fraction of sp³-hybridized carbons (Fsp3) is 0.571. The molecule has 1 rings (SSSR count). The predicted octanol–water partition coefficient (Wildman–Crippen LogP) is 3.25. The molecule has 108 valence electrons. The molecule has 0 N–H and O–H groups in total. The van der Waals surface area contributed by atoms with Gasteiger partial charge < -0.3 is 0 Å². The maximum atomic E-state index is 13.8. The van der Waals surface area contributed by atoms with Crippen LogP contribution in [-0.4, -0.2) is 20.3 Å². The molecule has 1 aromatic rings. The summed E-state index contributed by atoms with van der Waals surface area (Å²) in [6, 6.07) is 6.52. The van der Waals surface area contributed by atoms with Gasteiger partial charge in [-0.1, -0.05) is 32.0 Å². The molecule has 19 heavy (non-hydrogen) atoms. The Labute approximate surface area is 114 Å². The van der Waals surface area contributed by atoms with Crippen molar-refractivity contribution in [2.75, 3.05) is 6.26 Å². The van der Waals surface area contributed by atoms with Gasteiger partial charge in [-0.3, -0.25) is 4.18 Å². The van der Waals surface area contributed by atoms with E-state index in [9.17, 15) is 12.8 Å². The van der Waals surface area contributed by atoms with Crippen LogP contribution in [-0.2, 0) is 19.7 Å². The van der Waals surface area contributed by atoms with E-state index in [2.05, 4.69) is 0 Å². The summed E-state index contributed by atoms with van der Waals surface area (Å²) in [4.78, 5) is 0. The second-order valence-electron chi connectivity index (χ2n) is 6.09. The molecule has 0 fully saturated rings. The summed E-state index contributed by atoms with van der Waals surface area (Å²) < 4.78 is 41.4. The first-order valence-corrected chi connectivity index (χ1v) is 7.90. The molecule has 0 aromatic heterocycles. The van der Waals surface area contributed by atoms with Crippen LogP contribution in [0.1, 0.15) is 39.7 Å². The quantitative estimate of drug-likeness (QED) is 0.781. The van der Waals surface area contributed by atoms with Crippen molar-refractivity contribution in [3.63, 3.8) is 0 Å². The SMILES string of the molecule is CC(C)(CC(C)(C)c1ccccc1F)OS(C)(=O)=O. The van der Waals surface area contributed by atoms with Gasteiger partial charge in [0.1, 0.15) is 5.82 Å². The molecular formula is C14H21FO3S. The molecule has 0 radical (unpaired) electrons. The van der Waals surface area contributed by atoms with E-state index in [1.165, 1.54) is 6.07 Å². The second kappa shape index (κ2) is 5.21. The molecule has 0 heterocycles. The fourth-order valence-electron chi connectivity index (χ4n) is 2.61. The van der Waals surface area contributed by atoms with Crippen LogP contribution < -0.4 is 0 Å². The Morgan fingerprint density at radius 1 is 1.16 bits per heavy atom. The molecule has 5 heteroatoms. The molecule has 0 spiro atoms. The second-order valence-corrected chi connectivity index (χ2v) is 7.66. The number of benzene rings is 1. The highest BCUT2D eigenvalue weighted by Gasteiger charge is 2.34. The molecule has 0 saturated heterocycles. The van der Waals surface area contributed by atoms with Crippen LogP contribution >= 0.6 is 0 Å². The zero-order valence-corrected chi connectivity index (χ0v) is 12.8. The van der Waals surface area contributed by atoms with Crippen molar-refractivity contribution in [1.82, 2.24) is 0 Å². The van der Waals surface area contributed by atoms with E-state index in [0.29, 0.717) is 12.0 Å². The van der Waals surface area contributed by atoms with E-state index in [1.807, 2.05) is 13.8 Å². The van der Waals surface area contributed by atoms with E-state index in [-0.39, 0.29) is 5.82 Å². The third kappa shape index (κ3) is 4.91. The van der Waals surface area contributed by atoms with Crippen molar-refractivity contribution in [3.8, 4) is 0 Å². The van der Waals surface area contributed by atoms with Crippen LogP contribution in [0.4, 0.5) is 4.39 Å². The van der Waals surface area contributed by atoms with E-state index in [1.54, 1.807) is 32.0 Å². The monoisotopic (exact) mass is 288 g/mol. The summed E-state index contributed by atoms with van der Waals surface area (Å²) in [5, 5.41) is 0. The summed E-state index contributed by atoms with van der Waals surface area (Å²) in [6.45, 7) is 7.13. The Bertz CT molecular complexity index is 548. The lowest BCUT2D eigenvalue weighted by molar-refractivity contribution is 0.0847. The zero-order valence-electron chi connectivity index (χ0n) is 12.0. The normalized spacial score (nSPS) is 13.6. The van der Waals surface area contributed by atoms with Crippen molar-refractivity contribution >= 4 is 10.1 Å². The number of rotatable bonds is 5. The maximum absolute atomic E-state index is 13.8. The first-order chi connectivity index (χ1) is 8.43. The number of hydrogen-bond acceptors (Lipinski definition) is 3. The van der Waals surface area contributed by atoms with Crippen molar-refractivity contribution in [2.24, 2.45) is 0 Å². The van der Waals surface area contributed by atoms with Crippen molar-refractivity contribution in [3.05, 3.63) is 35.6 Å². The standard InChI is InChI=1S/C14H21FO3S/c1-13(2,11-8-6-7-9-12(11)15)10-14(3,4)18-19(5,16)17/h6-9H,10H2,1-5H3. The van der Waals surface area contributed by atoms with Crippen LogP contribution in [0, 0.1) is 5.82 Å². The highest BCUT2D eigenvalue weighted by Crippen LogP contribution is 2.35. The molecule has 0 amide bonds. The molecule has 3 nitrogen and oxygen atoms in total. The predicted molar refractivity (Wildman–Crippen MR) is 74.1 cm³/mol. The number of halogens is 1. The van der Waals surface area contributed by atoms with Gasteiger partial charge in [0.05, 0.1) is 11.9 Å². The highest BCUT2D eigenvalue weighted by molar-refractivity contribution is 7.86. The highest BCUT2D eigenvalue weighted by atomic mass is 32.2. The fourth-order valence-corrected chi connectivity index (χ4v) is 3.49. The van der Waals surface area contributed by atoms with Crippen LogP contribution in [0.25, 0.3) is 0 Å². The minimum atomic E-state index is -3.54. The summed E-state index contributed by atoms with van der Waals surface area (Å²) >= 11 is 0. The number of hydrogen-bond donors (Lipinski definition) is 0. The topological polar surface area (TPSA) is 43.4 Å². The van der Waals surface area contributed by atoms with Gasteiger partial charge in [0.25, 0.3) is 10.1 Å². The minimum Gasteiger partial charge on any atom is -0.264 e. The molecule has 0 aliphatic rings. The van der Waals surface area contributed by atoms with Gasteiger partial charge >= 0.3 is 0 Å². The van der Waals surface area contributed by atoms with Crippen molar-refractivity contribution < 1.29 is 17.0 Å². The zero-order chi connectivity index (χ0) is 14.9. The van der Waals surface area contributed by atoms with Crippen LogP contribution in [0.5, 0.6) is 0 Å². The van der Waals surface area contributed by atoms with Crippen molar-refractivity contribution in [2.45, 2.75) is 45.1 Å². The largest absolute Gasteiger partial charge is 0.264 e. The Morgan fingerprint density at radius 2 is 1.68 bits per heavy atom. The molecule has 0 aliphatic heterocycles. The molecule has 0 unspecified atom stereocenters. The molecule has 0 saturated carbocycles. The van der Waals surface area contributed by atoms with Crippen LogP contribution in [0.3, 0.4) is 0 Å². The lowest BCUT2D eigenvalue weighted by Crippen LogP contribution is -2.36. The van der Waals surface area contributed by atoms with Crippen LogP contribution in [0.2, 0.25) is 0 Å². The first kappa shape index (κ1) is 16.1. The van der Waals surface area contributed by atoms with Crippen molar-refractivity contribution in [1.29, 1.82) is 0 Å². The third-order valence-electron chi connectivity index (χ3n) is 2.85. The first-order valence-electron chi connectivity index (χ1n) is 6.09. The Hall–Kier alpha value is -0.940. The Morgan fingerprint density at radius 3 is 2.16 bits per heavy atom. The van der Waals surface area contributed by atoms with Gasteiger partial charge in [0.15, 0.2) is 0 Å². The van der Waals surface area contributed by atoms with Crippen LogP contribution in [0.15, 0.2) is 24.3 Å². The molecule has 1 aromatic carbocycles. The van der Waals surface area contributed by atoms with Gasteiger partial charge in [-0.25, -0.2) is 4.39 Å². The summed E-state index contributed by atoms with van der Waals surface area (Å²) in [5.74, 6) is -0.289. The molecular weight excluding hydrogens is 267 g/mol. The minimum absolute atomic E-state index is 0.289. The summed E-state index contributed by atoms with van der Waals surface area (Å²) in [5.41, 5.74) is -0.862. The van der Waals surface area contributed by atoms with E-state index in [4.69, 9.17) is 4.18 Å². The van der Waals surface area contributed by atoms with E-state index in [0.717, 1.165) is 6.26 Å². The lowest BCUT2D eigenvalue weighted by Gasteiger charge is -2.34. The molecule has 0 aliphatic carbocycles. The van der Waals surface area contributed by atoms with E-state index >= 15 is 0 Å². The van der Waals surface area contributed by atoms with Gasteiger partial charge in [0.2, 0.25) is 0 Å². The summed E-state index contributed by atoms with van der Waals surface area (Å²) in [7, 11) is -3.54.